The second-order valence-corrected chi connectivity index (χ2v) is 12.3. The van der Waals surface area contributed by atoms with Crippen LogP contribution in [0, 0.1) is 29.0 Å². The fraction of sp³-hybridized carbons (Fsp3) is 0.581. The molecule has 7 heteroatoms. The zero-order valence-corrected chi connectivity index (χ0v) is 22.6. The van der Waals surface area contributed by atoms with Crippen molar-refractivity contribution in [3.8, 4) is 0 Å². The van der Waals surface area contributed by atoms with Crippen molar-refractivity contribution in [2.45, 2.75) is 57.8 Å². The van der Waals surface area contributed by atoms with Crippen LogP contribution >= 0.6 is 0 Å². The Balaban J connectivity index is 1.10. The van der Waals surface area contributed by atoms with Gasteiger partial charge in [0.2, 0.25) is 5.91 Å². The molecule has 3 aliphatic carbocycles. The molecule has 4 aliphatic rings. The minimum Gasteiger partial charge on any atom is -0.368 e. The second-order valence-electron chi connectivity index (χ2n) is 12.3. The summed E-state index contributed by atoms with van der Waals surface area (Å²) in [7, 11) is 2.14. The molecule has 1 N–H and O–H groups in total. The number of benzene rings is 1. The highest BCUT2D eigenvalue weighted by molar-refractivity contribution is 5.90. The summed E-state index contributed by atoms with van der Waals surface area (Å²) in [5.74, 6) is 1.96. The monoisotopic (exact) mass is 518 g/mol. The molecule has 1 aromatic heterocycles. The molecular formula is C31H39FN4O2. The number of piperazine rings is 1. The van der Waals surface area contributed by atoms with Crippen molar-refractivity contribution < 1.29 is 14.0 Å². The number of rotatable bonds is 5. The van der Waals surface area contributed by atoms with E-state index in [9.17, 15) is 14.0 Å². The molecule has 2 aromatic rings. The van der Waals surface area contributed by atoms with Gasteiger partial charge in [0.15, 0.2) is 0 Å². The molecule has 6 nitrogen and oxygen atoms in total. The molecular weight excluding hydrogens is 479 g/mol. The van der Waals surface area contributed by atoms with Crippen molar-refractivity contribution in [3.63, 3.8) is 0 Å². The predicted octanol–water partition coefficient (Wildman–Crippen LogP) is 5.04. The number of carbonyl (C=O) groups is 2. The van der Waals surface area contributed by atoms with Gasteiger partial charge in [-0.1, -0.05) is 19.1 Å². The van der Waals surface area contributed by atoms with E-state index in [1.165, 1.54) is 0 Å². The third kappa shape index (κ3) is 4.53. The molecule has 2 heterocycles. The summed E-state index contributed by atoms with van der Waals surface area (Å²) in [4.78, 5) is 35.3. The quantitative estimate of drug-likeness (QED) is 0.601. The van der Waals surface area contributed by atoms with Crippen LogP contribution in [0.4, 0.5) is 15.9 Å². The van der Waals surface area contributed by atoms with Crippen molar-refractivity contribution in [2.75, 3.05) is 43.4 Å². The predicted molar refractivity (Wildman–Crippen MR) is 147 cm³/mol. The largest absolute Gasteiger partial charge is 0.368 e. The van der Waals surface area contributed by atoms with Gasteiger partial charge < -0.3 is 15.1 Å². The van der Waals surface area contributed by atoms with Crippen LogP contribution in [-0.4, -0.2) is 54.8 Å². The molecule has 1 aromatic carbocycles. The molecule has 0 spiro atoms. The van der Waals surface area contributed by atoms with Gasteiger partial charge >= 0.3 is 0 Å². The Bertz CT molecular complexity index is 1210. The SMILES string of the molecule is CN1CCN(c2ccc(NC(=O)CC[C@@H]3CC(=O)[C@@]4(C)CCC5c6cccc(F)c6CCC5C34)nc2)CC1. The third-order valence-corrected chi connectivity index (χ3v) is 10.2. The maximum Gasteiger partial charge on any atom is 0.225 e. The summed E-state index contributed by atoms with van der Waals surface area (Å²) in [6.45, 7) is 6.18. The normalized spacial score (nSPS) is 30.9. The Kier molecular flexibility index (Phi) is 6.75. The Hall–Kier alpha value is -2.80. The molecule has 1 amide bonds. The fourth-order valence-electron chi connectivity index (χ4n) is 8.13. The molecule has 6 rings (SSSR count). The Labute approximate surface area is 225 Å². The van der Waals surface area contributed by atoms with Crippen LogP contribution in [0.25, 0.3) is 0 Å². The zero-order chi connectivity index (χ0) is 26.4. The summed E-state index contributed by atoms with van der Waals surface area (Å²) in [5.41, 5.74) is 2.81. The number of likely N-dealkylation sites (N-methyl/N-ethyl adjacent to an activating group) is 1. The van der Waals surface area contributed by atoms with E-state index in [4.69, 9.17) is 0 Å². The van der Waals surface area contributed by atoms with Crippen LogP contribution in [-0.2, 0) is 16.0 Å². The molecule has 0 bridgehead atoms. The lowest BCUT2D eigenvalue weighted by molar-refractivity contribution is -0.129. The van der Waals surface area contributed by atoms with E-state index in [1.54, 1.807) is 6.07 Å². The molecule has 3 unspecified atom stereocenters. The molecule has 1 aliphatic heterocycles. The Morgan fingerprint density at radius 1 is 1.16 bits per heavy atom. The van der Waals surface area contributed by atoms with E-state index in [-0.39, 0.29) is 29.0 Å². The number of Topliss-reactive ketones (excluding diaryl/α,β-unsaturated/α-hetero) is 1. The molecule has 5 atom stereocenters. The van der Waals surface area contributed by atoms with Crippen molar-refractivity contribution >= 4 is 23.2 Å². The summed E-state index contributed by atoms with van der Waals surface area (Å²) in [5, 5.41) is 2.97. The average molecular weight is 519 g/mol. The average Bonchev–Trinajstić information content (AvgIpc) is 3.18. The number of halogens is 1. The van der Waals surface area contributed by atoms with Gasteiger partial charge in [-0.05, 0) is 92.1 Å². The van der Waals surface area contributed by atoms with Gasteiger partial charge in [0, 0.05) is 44.4 Å². The van der Waals surface area contributed by atoms with Crippen molar-refractivity contribution in [1.29, 1.82) is 0 Å². The van der Waals surface area contributed by atoms with E-state index < -0.39 is 0 Å². The number of amides is 1. The first-order valence-electron chi connectivity index (χ1n) is 14.3. The van der Waals surface area contributed by atoms with Crippen molar-refractivity contribution in [1.82, 2.24) is 9.88 Å². The molecule has 2 saturated carbocycles. The van der Waals surface area contributed by atoms with Crippen LogP contribution in [0.2, 0.25) is 0 Å². The van der Waals surface area contributed by atoms with E-state index in [0.29, 0.717) is 42.7 Å². The van der Waals surface area contributed by atoms with Gasteiger partial charge in [0.05, 0.1) is 11.9 Å². The Morgan fingerprint density at radius 3 is 2.74 bits per heavy atom. The minimum absolute atomic E-state index is 0.0469. The molecule has 1 saturated heterocycles. The van der Waals surface area contributed by atoms with E-state index in [0.717, 1.165) is 68.7 Å². The Morgan fingerprint density at radius 2 is 1.97 bits per heavy atom. The highest BCUT2D eigenvalue weighted by Gasteiger charge is 2.58. The smallest absolute Gasteiger partial charge is 0.225 e. The lowest BCUT2D eigenvalue weighted by Crippen LogP contribution is -2.44. The number of aromatic nitrogens is 1. The number of nitrogens with one attached hydrogen (secondary N) is 1. The molecule has 3 fully saturated rings. The first-order chi connectivity index (χ1) is 18.3. The van der Waals surface area contributed by atoms with Crippen LogP contribution in [0.15, 0.2) is 36.5 Å². The van der Waals surface area contributed by atoms with E-state index >= 15 is 0 Å². The van der Waals surface area contributed by atoms with Crippen LogP contribution in [0.1, 0.15) is 62.5 Å². The third-order valence-electron chi connectivity index (χ3n) is 10.2. The minimum atomic E-state index is -0.312. The van der Waals surface area contributed by atoms with E-state index in [1.807, 2.05) is 24.4 Å². The van der Waals surface area contributed by atoms with Gasteiger partial charge in [-0.2, -0.15) is 0 Å². The van der Waals surface area contributed by atoms with Crippen LogP contribution < -0.4 is 10.2 Å². The summed E-state index contributed by atoms with van der Waals surface area (Å²) in [6, 6.07) is 9.41. The van der Waals surface area contributed by atoms with Gasteiger partial charge in [-0.25, -0.2) is 9.37 Å². The van der Waals surface area contributed by atoms with Gasteiger partial charge in [-0.15, -0.1) is 0 Å². The topological polar surface area (TPSA) is 65.5 Å². The van der Waals surface area contributed by atoms with Crippen molar-refractivity contribution in [2.24, 2.45) is 23.2 Å². The van der Waals surface area contributed by atoms with Crippen LogP contribution in [0.5, 0.6) is 0 Å². The lowest BCUT2D eigenvalue weighted by Gasteiger charge is -2.50. The number of ketones is 1. The van der Waals surface area contributed by atoms with Crippen molar-refractivity contribution in [3.05, 3.63) is 53.5 Å². The summed E-state index contributed by atoms with van der Waals surface area (Å²) < 4.78 is 14.5. The highest BCUT2D eigenvalue weighted by atomic mass is 19.1. The maximum absolute atomic E-state index is 14.5. The molecule has 202 valence electrons. The van der Waals surface area contributed by atoms with E-state index in [2.05, 4.69) is 40.1 Å². The maximum atomic E-state index is 14.5. The van der Waals surface area contributed by atoms with Gasteiger partial charge in [0.1, 0.15) is 17.4 Å². The molecule has 38 heavy (non-hydrogen) atoms. The van der Waals surface area contributed by atoms with Gasteiger partial charge in [-0.3, -0.25) is 9.59 Å². The van der Waals surface area contributed by atoms with Gasteiger partial charge in [0.25, 0.3) is 0 Å². The highest BCUT2D eigenvalue weighted by Crippen LogP contribution is 2.62. The first kappa shape index (κ1) is 25.5. The lowest BCUT2D eigenvalue weighted by atomic mass is 9.54. The number of nitrogens with zero attached hydrogens (tertiary/aromatic N) is 3. The number of fused-ring (bicyclic) bond motifs is 5. The zero-order valence-electron chi connectivity index (χ0n) is 22.6. The summed E-state index contributed by atoms with van der Waals surface area (Å²) in [6.07, 6.45) is 6.97. The number of carbonyl (C=O) groups excluding carboxylic acids is 2. The number of hydrogen-bond acceptors (Lipinski definition) is 5. The van der Waals surface area contributed by atoms with Crippen LogP contribution in [0.3, 0.4) is 0 Å². The number of pyridine rings is 1. The standard InChI is InChI=1S/C31H39FN4O2/c1-31-13-12-23-22-4-3-5-26(32)24(22)8-9-25(23)30(31)20(18-27(31)37)6-11-29(38)34-28-10-7-21(19-33-28)36-16-14-35(2)15-17-36/h3-5,7,10,19-20,23,25,30H,6,8-9,11-18H2,1-2H3,(H,33,34,38)/t20-,23?,25?,30?,31-/m1/s1. The summed E-state index contributed by atoms with van der Waals surface area (Å²) >= 11 is 0. The molecule has 0 radical (unpaired) electrons. The first-order valence-corrected chi connectivity index (χ1v) is 14.3. The number of anilines is 2. The fourth-order valence-corrected chi connectivity index (χ4v) is 8.13. The second kappa shape index (κ2) is 10.1. The number of hydrogen-bond donors (Lipinski definition) is 1.